The van der Waals surface area contributed by atoms with E-state index in [0.717, 1.165) is 37.8 Å². The summed E-state index contributed by atoms with van der Waals surface area (Å²) in [7, 11) is 0. The average molecular weight is 259 g/mol. The summed E-state index contributed by atoms with van der Waals surface area (Å²) in [6.45, 7) is 0. The van der Waals surface area contributed by atoms with Crippen molar-refractivity contribution >= 4 is 0 Å². The predicted molar refractivity (Wildman–Crippen MR) is 61.2 cm³/mol. The van der Waals surface area contributed by atoms with E-state index in [1.165, 1.54) is 0 Å². The summed E-state index contributed by atoms with van der Waals surface area (Å²) < 4.78 is 39.5. The normalized spacial score (nSPS) is 20.1. The van der Waals surface area contributed by atoms with Gasteiger partial charge in [-0.25, -0.2) is 13.2 Å². The number of nitrogens with two attached hydrogens (primary N) is 1. The van der Waals surface area contributed by atoms with Crippen LogP contribution in [0.15, 0.2) is 12.1 Å². The van der Waals surface area contributed by atoms with Crippen LogP contribution < -0.4 is 5.73 Å². The molecule has 1 aromatic carbocycles. The van der Waals surface area contributed by atoms with Crippen molar-refractivity contribution in [3.8, 4) is 0 Å². The molecule has 0 unspecified atom stereocenters. The summed E-state index contributed by atoms with van der Waals surface area (Å²) in [5.41, 5.74) is 5.59. The van der Waals surface area contributed by atoms with Crippen LogP contribution >= 0.6 is 0 Å². The van der Waals surface area contributed by atoms with Gasteiger partial charge < -0.3 is 10.8 Å². The zero-order valence-corrected chi connectivity index (χ0v) is 9.87. The molecule has 1 saturated carbocycles. The van der Waals surface area contributed by atoms with Crippen molar-refractivity contribution in [1.29, 1.82) is 0 Å². The van der Waals surface area contributed by atoms with Crippen LogP contribution in [0.2, 0.25) is 0 Å². The third-order valence-electron chi connectivity index (χ3n) is 3.67. The van der Waals surface area contributed by atoms with Gasteiger partial charge in [-0.1, -0.05) is 18.9 Å². The number of aliphatic hydroxyl groups excluding tert-OH is 1. The number of aliphatic hydroxyl groups is 1. The van der Waals surface area contributed by atoms with Crippen LogP contribution in [0.5, 0.6) is 0 Å². The Hall–Kier alpha value is -1.07. The van der Waals surface area contributed by atoms with Crippen LogP contribution in [0.3, 0.4) is 0 Å². The Balaban J connectivity index is 2.22. The molecular formula is C13H16F3NO. The number of hydrogen-bond acceptors (Lipinski definition) is 2. The molecule has 0 radical (unpaired) electrons. The first-order valence-corrected chi connectivity index (χ1v) is 6.09. The lowest BCUT2D eigenvalue weighted by atomic mass is 9.90. The summed E-state index contributed by atoms with van der Waals surface area (Å²) in [4.78, 5) is 0. The van der Waals surface area contributed by atoms with Crippen LogP contribution in [0.4, 0.5) is 13.2 Å². The highest BCUT2D eigenvalue weighted by Gasteiger charge is 2.31. The maximum Gasteiger partial charge on any atom is 0.194 e. The number of halogens is 3. The van der Waals surface area contributed by atoms with E-state index in [0.29, 0.717) is 0 Å². The van der Waals surface area contributed by atoms with E-state index in [1.807, 2.05) is 0 Å². The minimum absolute atomic E-state index is 0.00696. The fourth-order valence-electron chi connectivity index (χ4n) is 2.57. The second kappa shape index (κ2) is 5.28. The molecule has 2 rings (SSSR count). The molecule has 2 nitrogen and oxygen atoms in total. The minimum Gasteiger partial charge on any atom is -0.391 e. The highest BCUT2D eigenvalue weighted by molar-refractivity contribution is 5.24. The number of benzene rings is 1. The van der Waals surface area contributed by atoms with E-state index >= 15 is 0 Å². The highest BCUT2D eigenvalue weighted by Crippen LogP contribution is 2.33. The van der Waals surface area contributed by atoms with Gasteiger partial charge in [-0.05, 0) is 24.8 Å². The summed E-state index contributed by atoms with van der Waals surface area (Å²) in [6, 6.07) is 0.897. The van der Waals surface area contributed by atoms with Gasteiger partial charge in [-0.15, -0.1) is 0 Å². The van der Waals surface area contributed by atoms with Gasteiger partial charge in [0.2, 0.25) is 0 Å². The second-order valence-electron chi connectivity index (χ2n) is 4.83. The van der Waals surface area contributed by atoms with Gasteiger partial charge in [0.25, 0.3) is 0 Å². The molecule has 0 aromatic heterocycles. The monoisotopic (exact) mass is 259 g/mol. The van der Waals surface area contributed by atoms with Crippen molar-refractivity contribution in [1.82, 2.24) is 0 Å². The Morgan fingerprint density at radius 1 is 1.11 bits per heavy atom. The Morgan fingerprint density at radius 3 is 2.33 bits per heavy atom. The summed E-state index contributed by atoms with van der Waals surface area (Å²) >= 11 is 0. The zero-order valence-electron chi connectivity index (χ0n) is 9.87. The van der Waals surface area contributed by atoms with Crippen LogP contribution in [0.25, 0.3) is 0 Å². The lowest BCUT2D eigenvalue weighted by Gasteiger charge is -2.25. The Morgan fingerprint density at radius 2 is 1.72 bits per heavy atom. The summed E-state index contributed by atoms with van der Waals surface area (Å²) in [5.74, 6) is -4.09. The molecule has 0 saturated heterocycles. The van der Waals surface area contributed by atoms with Crippen molar-refractivity contribution in [2.75, 3.05) is 0 Å². The molecule has 0 spiro atoms. The molecule has 18 heavy (non-hydrogen) atoms. The molecule has 0 bridgehead atoms. The third-order valence-corrected chi connectivity index (χ3v) is 3.67. The fourth-order valence-corrected chi connectivity index (χ4v) is 2.57. The SMILES string of the molecule is N[C@H](c1ccc(F)c(F)c1F)[C@@H](O)C1CCCC1. The molecule has 5 heteroatoms. The first-order chi connectivity index (χ1) is 8.52. The van der Waals surface area contributed by atoms with Crippen LogP contribution in [-0.2, 0) is 0 Å². The lowest BCUT2D eigenvalue weighted by Crippen LogP contribution is -2.32. The Kier molecular flexibility index (Phi) is 3.92. The predicted octanol–water partition coefficient (Wildman–Crippen LogP) is 2.65. The Bertz CT molecular complexity index is 432. The van der Waals surface area contributed by atoms with Crippen molar-refractivity contribution in [2.45, 2.75) is 37.8 Å². The van der Waals surface area contributed by atoms with E-state index in [-0.39, 0.29) is 11.5 Å². The minimum atomic E-state index is -1.54. The molecule has 1 fully saturated rings. The Labute approximate surface area is 104 Å². The fraction of sp³-hybridized carbons (Fsp3) is 0.538. The maximum absolute atomic E-state index is 13.6. The lowest BCUT2D eigenvalue weighted by molar-refractivity contribution is 0.0829. The quantitative estimate of drug-likeness (QED) is 0.820. The molecule has 0 heterocycles. The molecule has 100 valence electrons. The van der Waals surface area contributed by atoms with Gasteiger partial charge in [-0.2, -0.15) is 0 Å². The first kappa shape index (κ1) is 13.4. The van der Waals surface area contributed by atoms with E-state index in [4.69, 9.17) is 5.73 Å². The van der Waals surface area contributed by atoms with Crippen LogP contribution in [-0.4, -0.2) is 11.2 Å². The van der Waals surface area contributed by atoms with E-state index < -0.39 is 29.6 Å². The third kappa shape index (κ3) is 2.37. The van der Waals surface area contributed by atoms with Crippen LogP contribution in [0, 0.1) is 23.4 Å². The number of hydrogen-bond donors (Lipinski definition) is 2. The van der Waals surface area contributed by atoms with Crippen molar-refractivity contribution < 1.29 is 18.3 Å². The van der Waals surface area contributed by atoms with Gasteiger partial charge in [0.1, 0.15) is 0 Å². The van der Waals surface area contributed by atoms with Gasteiger partial charge in [-0.3, -0.25) is 0 Å². The van der Waals surface area contributed by atoms with E-state index in [9.17, 15) is 18.3 Å². The summed E-state index contributed by atoms with van der Waals surface area (Å²) in [6.07, 6.45) is 2.76. The van der Waals surface area contributed by atoms with E-state index in [2.05, 4.69) is 0 Å². The molecule has 1 aliphatic rings. The number of rotatable bonds is 3. The zero-order chi connectivity index (χ0) is 13.3. The van der Waals surface area contributed by atoms with Gasteiger partial charge >= 0.3 is 0 Å². The standard InChI is InChI=1S/C13H16F3NO/c14-9-6-5-8(10(15)11(9)16)12(17)13(18)7-3-1-2-4-7/h5-7,12-13,18H,1-4,17H2/t12-,13+/m1/s1. The van der Waals surface area contributed by atoms with Gasteiger partial charge in [0, 0.05) is 5.56 Å². The maximum atomic E-state index is 13.6. The summed E-state index contributed by atoms with van der Waals surface area (Å²) in [5, 5.41) is 10.0. The van der Waals surface area contributed by atoms with Gasteiger partial charge in [0.05, 0.1) is 12.1 Å². The molecule has 3 N–H and O–H groups in total. The largest absolute Gasteiger partial charge is 0.391 e. The van der Waals surface area contributed by atoms with Crippen molar-refractivity contribution in [2.24, 2.45) is 11.7 Å². The topological polar surface area (TPSA) is 46.2 Å². The highest BCUT2D eigenvalue weighted by atomic mass is 19.2. The van der Waals surface area contributed by atoms with Gasteiger partial charge in [0.15, 0.2) is 17.5 Å². The van der Waals surface area contributed by atoms with Crippen molar-refractivity contribution in [3.63, 3.8) is 0 Å². The molecular weight excluding hydrogens is 243 g/mol. The average Bonchev–Trinajstić information content (AvgIpc) is 2.88. The van der Waals surface area contributed by atoms with E-state index in [1.54, 1.807) is 0 Å². The molecule has 0 amide bonds. The first-order valence-electron chi connectivity index (χ1n) is 6.09. The second-order valence-corrected chi connectivity index (χ2v) is 4.83. The van der Waals surface area contributed by atoms with Crippen molar-refractivity contribution in [3.05, 3.63) is 35.1 Å². The van der Waals surface area contributed by atoms with Crippen LogP contribution in [0.1, 0.15) is 37.3 Å². The molecule has 1 aromatic rings. The molecule has 2 atom stereocenters. The molecule has 1 aliphatic carbocycles. The molecule has 0 aliphatic heterocycles. The smallest absolute Gasteiger partial charge is 0.194 e.